The summed E-state index contributed by atoms with van der Waals surface area (Å²) >= 11 is 1.77. The van der Waals surface area contributed by atoms with Gasteiger partial charge in [-0.15, -0.1) is 11.8 Å². The number of fused-ring (bicyclic) bond motifs is 1. The molecule has 3 rings (SSSR count). The second-order valence-corrected chi connectivity index (χ2v) is 7.22. The minimum atomic E-state index is -3.63. The summed E-state index contributed by atoms with van der Waals surface area (Å²) in [6, 6.07) is 6.88. The molecule has 7 heteroatoms. The molecule has 0 aliphatic carbocycles. The summed E-state index contributed by atoms with van der Waals surface area (Å²) in [6.07, 6.45) is 4.99. The van der Waals surface area contributed by atoms with Gasteiger partial charge in [0.1, 0.15) is 0 Å². The van der Waals surface area contributed by atoms with E-state index in [2.05, 4.69) is 14.7 Å². The van der Waals surface area contributed by atoms with Crippen LogP contribution in [0.15, 0.2) is 46.5 Å². The van der Waals surface area contributed by atoms with Crippen molar-refractivity contribution in [2.45, 2.75) is 22.6 Å². The Morgan fingerprint density at radius 3 is 2.80 bits per heavy atom. The van der Waals surface area contributed by atoms with E-state index in [1.165, 1.54) is 17.3 Å². The number of benzene rings is 1. The first-order valence-corrected chi connectivity index (χ1v) is 8.68. The molecule has 0 saturated carbocycles. The van der Waals surface area contributed by atoms with Gasteiger partial charge in [-0.3, -0.25) is 0 Å². The third-order valence-corrected chi connectivity index (χ3v) is 5.51. The predicted octanol–water partition coefficient (Wildman–Crippen LogP) is 2.32. The fourth-order valence-electron chi connectivity index (χ4n) is 2.03. The highest BCUT2D eigenvalue weighted by atomic mass is 32.2. The van der Waals surface area contributed by atoms with Gasteiger partial charge in [-0.05, 0) is 48.4 Å². The molecule has 1 aliphatic heterocycles. The molecular formula is C13H13N3O2S2. The Kier molecular flexibility index (Phi) is 3.62. The molecule has 0 atom stereocenters. The van der Waals surface area contributed by atoms with E-state index < -0.39 is 10.0 Å². The summed E-state index contributed by atoms with van der Waals surface area (Å²) in [5.41, 5.74) is 1.10. The van der Waals surface area contributed by atoms with E-state index in [1.54, 1.807) is 30.0 Å². The molecule has 1 N–H and O–H groups in total. The third kappa shape index (κ3) is 2.78. The van der Waals surface area contributed by atoms with Gasteiger partial charge in [-0.2, -0.15) is 0 Å². The van der Waals surface area contributed by atoms with Crippen LogP contribution < -0.4 is 4.72 Å². The number of aromatic nitrogens is 2. The number of nitrogens with one attached hydrogen (secondary N) is 1. The normalized spacial score (nSPS) is 14.6. The molecule has 20 heavy (non-hydrogen) atoms. The Balaban J connectivity index is 1.91. The van der Waals surface area contributed by atoms with Crippen LogP contribution in [0.4, 0.5) is 5.95 Å². The SMILES string of the molecule is O=S(=O)(Nc1ncccn1)c1ccc2c(c1)CCCS2. The maximum atomic E-state index is 12.3. The molecular weight excluding hydrogens is 294 g/mol. The van der Waals surface area contributed by atoms with Gasteiger partial charge in [-0.25, -0.2) is 23.1 Å². The maximum Gasteiger partial charge on any atom is 0.264 e. The highest BCUT2D eigenvalue weighted by molar-refractivity contribution is 7.99. The zero-order valence-electron chi connectivity index (χ0n) is 10.6. The Bertz CT molecular complexity index is 718. The van der Waals surface area contributed by atoms with Crippen molar-refractivity contribution in [2.75, 3.05) is 10.5 Å². The fourth-order valence-corrected chi connectivity index (χ4v) is 4.06. The minimum Gasteiger partial charge on any atom is -0.247 e. The Morgan fingerprint density at radius 2 is 2.00 bits per heavy atom. The smallest absolute Gasteiger partial charge is 0.247 e. The van der Waals surface area contributed by atoms with E-state index in [9.17, 15) is 8.42 Å². The second-order valence-electron chi connectivity index (χ2n) is 4.40. The fraction of sp³-hybridized carbons (Fsp3) is 0.231. The summed E-state index contributed by atoms with van der Waals surface area (Å²) in [5, 5.41) is 0. The topological polar surface area (TPSA) is 72.0 Å². The number of nitrogens with zero attached hydrogens (tertiary/aromatic N) is 2. The molecule has 0 spiro atoms. The monoisotopic (exact) mass is 307 g/mol. The summed E-state index contributed by atoms with van der Waals surface area (Å²) in [5.74, 6) is 1.18. The lowest BCUT2D eigenvalue weighted by Gasteiger charge is -2.16. The Labute approximate surface area is 121 Å². The summed E-state index contributed by atoms with van der Waals surface area (Å²) < 4.78 is 27.0. The highest BCUT2D eigenvalue weighted by Gasteiger charge is 2.18. The van der Waals surface area contributed by atoms with Gasteiger partial charge in [0.15, 0.2) is 0 Å². The number of hydrogen-bond donors (Lipinski definition) is 1. The van der Waals surface area contributed by atoms with Crippen LogP contribution in [-0.2, 0) is 16.4 Å². The molecule has 0 bridgehead atoms. The standard InChI is InChI=1S/C13H13N3O2S2/c17-20(18,16-13-14-6-2-7-15-13)11-4-5-12-10(9-11)3-1-8-19-12/h2,4-7,9H,1,3,8H2,(H,14,15,16). The molecule has 0 radical (unpaired) electrons. The van der Waals surface area contributed by atoms with Gasteiger partial charge < -0.3 is 0 Å². The minimum absolute atomic E-state index is 0.0830. The molecule has 0 saturated heterocycles. The first kappa shape index (κ1) is 13.4. The van der Waals surface area contributed by atoms with Crippen molar-refractivity contribution < 1.29 is 8.42 Å². The van der Waals surface area contributed by atoms with Crippen molar-refractivity contribution in [3.63, 3.8) is 0 Å². The second kappa shape index (κ2) is 5.41. The number of thioether (sulfide) groups is 1. The lowest BCUT2D eigenvalue weighted by molar-refractivity contribution is 0.600. The molecule has 104 valence electrons. The predicted molar refractivity (Wildman–Crippen MR) is 78.3 cm³/mol. The largest absolute Gasteiger partial charge is 0.264 e. The average Bonchev–Trinajstić information content (AvgIpc) is 2.47. The van der Waals surface area contributed by atoms with E-state index in [4.69, 9.17) is 0 Å². The number of sulfonamides is 1. The first-order chi connectivity index (χ1) is 9.65. The number of anilines is 1. The van der Waals surface area contributed by atoms with Gasteiger partial charge in [0.2, 0.25) is 5.95 Å². The Morgan fingerprint density at radius 1 is 1.20 bits per heavy atom. The van der Waals surface area contributed by atoms with Crippen LogP contribution in [0.5, 0.6) is 0 Å². The van der Waals surface area contributed by atoms with E-state index in [1.807, 2.05) is 6.07 Å². The molecule has 0 unspecified atom stereocenters. The van der Waals surface area contributed by atoms with Crippen molar-refractivity contribution >= 4 is 27.7 Å². The lowest BCUT2D eigenvalue weighted by Crippen LogP contribution is -2.15. The molecule has 2 heterocycles. The first-order valence-electron chi connectivity index (χ1n) is 6.21. The zero-order valence-corrected chi connectivity index (χ0v) is 12.2. The van der Waals surface area contributed by atoms with E-state index in [-0.39, 0.29) is 10.8 Å². The molecule has 5 nitrogen and oxygen atoms in total. The quantitative estimate of drug-likeness (QED) is 0.942. The zero-order chi connectivity index (χ0) is 14.0. The van der Waals surface area contributed by atoms with E-state index in [0.717, 1.165) is 24.2 Å². The lowest BCUT2D eigenvalue weighted by atomic mass is 10.1. The van der Waals surface area contributed by atoms with Crippen molar-refractivity contribution in [3.05, 3.63) is 42.2 Å². The van der Waals surface area contributed by atoms with Gasteiger partial charge in [-0.1, -0.05) is 0 Å². The van der Waals surface area contributed by atoms with Gasteiger partial charge in [0, 0.05) is 17.3 Å². The van der Waals surface area contributed by atoms with E-state index in [0.29, 0.717) is 0 Å². The molecule has 2 aromatic rings. The molecule has 0 fully saturated rings. The Hall–Kier alpha value is -1.60. The number of aryl methyl sites for hydroxylation is 1. The highest BCUT2D eigenvalue weighted by Crippen LogP contribution is 2.31. The van der Waals surface area contributed by atoms with Crippen molar-refractivity contribution in [3.8, 4) is 0 Å². The summed E-state index contributed by atoms with van der Waals surface area (Å²) in [6.45, 7) is 0. The van der Waals surface area contributed by atoms with Crippen molar-refractivity contribution in [1.29, 1.82) is 0 Å². The van der Waals surface area contributed by atoms with Crippen molar-refractivity contribution in [2.24, 2.45) is 0 Å². The summed E-state index contributed by atoms with van der Waals surface area (Å²) in [4.78, 5) is 9.17. The van der Waals surface area contributed by atoms with Gasteiger partial charge in [0.05, 0.1) is 4.90 Å². The van der Waals surface area contributed by atoms with Gasteiger partial charge in [0.25, 0.3) is 10.0 Å². The van der Waals surface area contributed by atoms with Crippen LogP contribution in [0.1, 0.15) is 12.0 Å². The average molecular weight is 307 g/mol. The van der Waals surface area contributed by atoms with Crippen molar-refractivity contribution in [1.82, 2.24) is 9.97 Å². The maximum absolute atomic E-state index is 12.3. The van der Waals surface area contributed by atoms with E-state index >= 15 is 0 Å². The van der Waals surface area contributed by atoms with Gasteiger partial charge >= 0.3 is 0 Å². The van der Waals surface area contributed by atoms with Crippen LogP contribution >= 0.6 is 11.8 Å². The van der Waals surface area contributed by atoms with Crippen LogP contribution in [0, 0.1) is 0 Å². The van der Waals surface area contributed by atoms with Crippen LogP contribution in [0.2, 0.25) is 0 Å². The third-order valence-electron chi connectivity index (χ3n) is 2.98. The van der Waals surface area contributed by atoms with Crippen LogP contribution in [0.3, 0.4) is 0 Å². The molecule has 1 aromatic carbocycles. The molecule has 1 aromatic heterocycles. The molecule has 1 aliphatic rings. The molecule has 0 amide bonds. The number of rotatable bonds is 3. The van der Waals surface area contributed by atoms with Crippen LogP contribution in [-0.4, -0.2) is 24.1 Å². The number of hydrogen-bond acceptors (Lipinski definition) is 5. The summed E-state index contributed by atoms with van der Waals surface area (Å²) in [7, 11) is -3.63. The van der Waals surface area contributed by atoms with Crippen LogP contribution in [0.25, 0.3) is 0 Å².